The van der Waals surface area contributed by atoms with Crippen molar-refractivity contribution in [2.75, 3.05) is 52.9 Å². The minimum atomic E-state index is -1.19. The van der Waals surface area contributed by atoms with Gasteiger partial charge in [-0.2, -0.15) is 0 Å². The van der Waals surface area contributed by atoms with Gasteiger partial charge in [0.1, 0.15) is 12.8 Å². The van der Waals surface area contributed by atoms with E-state index >= 15 is 0 Å². The first-order chi connectivity index (χ1) is 21.2. The number of carboxylic acid groups (broad SMARTS) is 1. The molecule has 2 aromatic carbocycles. The Balaban J connectivity index is 1.41. The lowest BCUT2D eigenvalue weighted by molar-refractivity contribution is -0.956. The van der Waals surface area contributed by atoms with E-state index in [4.69, 9.17) is 0 Å². The van der Waals surface area contributed by atoms with Crippen LogP contribution < -0.4 is 10.8 Å². The van der Waals surface area contributed by atoms with E-state index in [1.807, 2.05) is 42.5 Å². The zero-order valence-electron chi connectivity index (χ0n) is 25.1. The number of likely N-dealkylation sites (tertiary alicyclic amines) is 2. The van der Waals surface area contributed by atoms with Crippen LogP contribution in [-0.4, -0.2) is 106 Å². The summed E-state index contributed by atoms with van der Waals surface area (Å²) in [6.45, 7) is 5.47. The van der Waals surface area contributed by atoms with Crippen LogP contribution in [0, 0.1) is 0 Å². The lowest BCUT2D eigenvalue weighted by Gasteiger charge is -2.61. The highest BCUT2D eigenvalue weighted by molar-refractivity contribution is 9.13. The van der Waals surface area contributed by atoms with Gasteiger partial charge in [0, 0.05) is 59.6 Å². The number of fused-ring (bicyclic) bond motifs is 1. The first kappa shape index (κ1) is 31.6. The third-order valence-corrected chi connectivity index (χ3v) is 12.4. The molecule has 3 atom stereocenters. The number of piperazine rings is 1. The first-order valence-electron chi connectivity index (χ1n) is 15.5. The van der Waals surface area contributed by atoms with E-state index in [-0.39, 0.29) is 35.7 Å². The summed E-state index contributed by atoms with van der Waals surface area (Å²) in [4.78, 5) is 49.7. The number of aldehydes is 1. The molecule has 1 aromatic heterocycles. The number of carbonyl (C=O) groups excluding carboxylic acids is 2. The Morgan fingerprint density at radius 2 is 1.75 bits per heavy atom. The van der Waals surface area contributed by atoms with E-state index in [1.165, 1.54) is 0 Å². The fourth-order valence-electron chi connectivity index (χ4n) is 8.17. The van der Waals surface area contributed by atoms with Gasteiger partial charge in [-0.15, -0.1) is 0 Å². The maximum absolute atomic E-state index is 13.6. The van der Waals surface area contributed by atoms with Gasteiger partial charge in [0.2, 0.25) is 0 Å². The predicted molar refractivity (Wildman–Crippen MR) is 174 cm³/mol. The smallest absolute Gasteiger partial charge is 0.326 e. The zero-order chi connectivity index (χ0) is 31.1. The van der Waals surface area contributed by atoms with Gasteiger partial charge in [0.05, 0.1) is 30.0 Å². The van der Waals surface area contributed by atoms with Crippen LogP contribution in [0.3, 0.4) is 0 Å². The molecule has 3 aliphatic heterocycles. The van der Waals surface area contributed by atoms with E-state index in [0.29, 0.717) is 32.0 Å². The van der Waals surface area contributed by atoms with Crippen molar-refractivity contribution < 1.29 is 19.2 Å². The number of hydrogen-bond donors (Lipinski definition) is 1. The van der Waals surface area contributed by atoms with Crippen molar-refractivity contribution in [2.45, 2.75) is 56.4 Å². The average molecular weight is 733 g/mol. The second-order valence-electron chi connectivity index (χ2n) is 12.7. The van der Waals surface area contributed by atoms with Crippen LogP contribution in [0.5, 0.6) is 0 Å². The molecule has 3 saturated heterocycles. The highest BCUT2D eigenvalue weighted by Crippen LogP contribution is 2.47. The lowest BCUT2D eigenvalue weighted by Crippen LogP contribution is -2.79. The minimum Gasteiger partial charge on any atom is -0.498 e. The van der Waals surface area contributed by atoms with E-state index in [0.717, 1.165) is 70.8 Å². The molecule has 6 rings (SSSR count). The number of carbonyl (C=O) groups is 2. The molecule has 44 heavy (non-hydrogen) atoms. The molecule has 1 amide bonds. The number of amides is 1. The number of H-pyrrole nitrogens is 1. The van der Waals surface area contributed by atoms with Crippen molar-refractivity contribution in [1.29, 1.82) is 0 Å². The van der Waals surface area contributed by atoms with E-state index < -0.39 is 11.8 Å². The molecule has 3 fully saturated rings. The van der Waals surface area contributed by atoms with Crippen molar-refractivity contribution in [3.05, 3.63) is 67.5 Å². The Morgan fingerprint density at radius 1 is 1.02 bits per heavy atom. The normalized spacial score (nSPS) is 27.9. The quantitative estimate of drug-likeness (QED) is 0.293. The second-order valence-corrected chi connectivity index (χ2v) is 14.4. The molecule has 0 bridgehead atoms. The summed E-state index contributed by atoms with van der Waals surface area (Å²) in [6.07, 6.45) is 2.76. The Bertz CT molecular complexity index is 1580. The molecule has 1 N–H and O–H groups in total. The largest absolute Gasteiger partial charge is 0.498 e. The highest BCUT2D eigenvalue weighted by Gasteiger charge is 2.60. The number of aromatic amines is 1. The third kappa shape index (κ3) is 5.62. The van der Waals surface area contributed by atoms with Gasteiger partial charge < -0.3 is 24.6 Å². The molecule has 0 aliphatic carbocycles. The van der Waals surface area contributed by atoms with Gasteiger partial charge in [0.25, 0.3) is 6.09 Å². The molecule has 0 spiro atoms. The number of halogens is 2. The summed E-state index contributed by atoms with van der Waals surface area (Å²) in [5, 5.41) is 13.6. The highest BCUT2D eigenvalue weighted by atomic mass is 79.9. The summed E-state index contributed by atoms with van der Waals surface area (Å²) in [7, 11) is 2.16. The summed E-state index contributed by atoms with van der Waals surface area (Å²) in [6, 6.07) is 13.6. The molecule has 12 heteroatoms. The number of piperidine rings is 2. The number of nitrogens with zero attached hydrogens (tertiary/aromatic N) is 5. The van der Waals surface area contributed by atoms with Crippen LogP contribution >= 0.6 is 31.9 Å². The molecule has 0 radical (unpaired) electrons. The standard InChI is InChI=1S/C32H40Br2N6O4/c1-36-12-8-24(9-13-36)37-14-16-38(17-15-37)32(11-19-41)21-25(39-29-5-3-2-4-28(29)35-30(39)42)10-18-40(32,31(43)44)22-23-6-7-26(33)27(34)20-23/h2-7,19-20,24-25H,8-18,21-22H2,1H3,(H-,35,42,43,44)/t25?,32?,40-/m0/s1. The number of aromatic nitrogens is 2. The number of hydrogen-bond acceptors (Lipinski definition) is 7. The van der Waals surface area contributed by atoms with Gasteiger partial charge in [-0.05, 0) is 89.1 Å². The number of nitrogens with one attached hydrogen (secondary N) is 1. The van der Waals surface area contributed by atoms with Crippen molar-refractivity contribution in [1.82, 2.24) is 24.3 Å². The topological polar surface area (TPSA) is 105 Å². The fraction of sp³-hybridized carbons (Fsp3) is 0.531. The average Bonchev–Trinajstić information content (AvgIpc) is 3.36. The second kappa shape index (κ2) is 12.8. The summed E-state index contributed by atoms with van der Waals surface area (Å²) in [5.74, 6) is 0. The Labute approximate surface area is 274 Å². The fourth-order valence-corrected chi connectivity index (χ4v) is 8.85. The zero-order valence-corrected chi connectivity index (χ0v) is 28.3. The molecule has 0 saturated carbocycles. The molecule has 2 unspecified atom stereocenters. The molecular weight excluding hydrogens is 692 g/mol. The van der Waals surface area contributed by atoms with Gasteiger partial charge in [-0.25, -0.2) is 9.69 Å². The van der Waals surface area contributed by atoms with Crippen LogP contribution in [0.25, 0.3) is 11.0 Å². The van der Waals surface area contributed by atoms with Crippen LogP contribution in [0.15, 0.2) is 56.2 Å². The summed E-state index contributed by atoms with van der Waals surface area (Å²) in [5.41, 5.74) is 1.07. The van der Waals surface area contributed by atoms with E-state index in [2.05, 4.69) is 58.6 Å². The van der Waals surface area contributed by atoms with Crippen molar-refractivity contribution >= 4 is 55.3 Å². The molecular formula is C32H40Br2N6O4. The van der Waals surface area contributed by atoms with E-state index in [1.54, 1.807) is 4.57 Å². The Kier molecular flexibility index (Phi) is 9.20. The number of benzene rings is 2. The Hall–Kier alpha value is -2.35. The van der Waals surface area contributed by atoms with Gasteiger partial charge in [-0.3, -0.25) is 14.0 Å². The molecule has 4 heterocycles. The molecule has 236 valence electrons. The van der Waals surface area contributed by atoms with Gasteiger partial charge >= 0.3 is 5.69 Å². The SMILES string of the molecule is CN1CCC(N2CCN(C3(CC=O)CC(n4c(=O)[nH]c5ccccc54)CC[N@+]3(Cc3ccc(Br)c(Br)c3)C(=O)[O-])CC2)CC1. The van der Waals surface area contributed by atoms with Gasteiger partial charge in [0.15, 0.2) is 5.66 Å². The first-order valence-corrected chi connectivity index (χ1v) is 17.1. The monoisotopic (exact) mass is 730 g/mol. The summed E-state index contributed by atoms with van der Waals surface area (Å²) >= 11 is 7.11. The predicted octanol–water partition coefficient (Wildman–Crippen LogP) is 3.55. The van der Waals surface area contributed by atoms with Crippen molar-refractivity contribution in [3.8, 4) is 0 Å². The van der Waals surface area contributed by atoms with Crippen LogP contribution in [-0.2, 0) is 11.3 Å². The maximum atomic E-state index is 13.6. The van der Waals surface area contributed by atoms with Crippen LogP contribution in [0.2, 0.25) is 0 Å². The summed E-state index contributed by atoms with van der Waals surface area (Å²) < 4.78 is 3.10. The molecule has 10 nitrogen and oxygen atoms in total. The van der Waals surface area contributed by atoms with Crippen LogP contribution in [0.4, 0.5) is 4.79 Å². The third-order valence-electron chi connectivity index (χ3n) is 10.5. The van der Waals surface area contributed by atoms with Crippen molar-refractivity contribution in [3.63, 3.8) is 0 Å². The number of quaternary nitrogens is 1. The molecule has 3 aromatic rings. The maximum Gasteiger partial charge on any atom is 0.326 e. The molecule has 3 aliphatic rings. The van der Waals surface area contributed by atoms with Gasteiger partial charge in [-0.1, -0.05) is 18.2 Å². The Morgan fingerprint density at radius 3 is 2.43 bits per heavy atom. The minimum absolute atomic E-state index is 0.0283. The number of imidazole rings is 1. The lowest BCUT2D eigenvalue weighted by atomic mass is 9.82. The van der Waals surface area contributed by atoms with E-state index in [9.17, 15) is 19.5 Å². The van der Waals surface area contributed by atoms with Crippen LogP contribution in [0.1, 0.15) is 43.7 Å². The number of rotatable bonds is 7. The van der Waals surface area contributed by atoms with Crippen molar-refractivity contribution in [2.24, 2.45) is 0 Å². The number of para-hydroxylation sites is 2.